The van der Waals surface area contributed by atoms with Crippen molar-refractivity contribution in [1.82, 2.24) is 0 Å². The normalized spacial score (nSPS) is 10.1. The maximum absolute atomic E-state index is 11.3. The quantitative estimate of drug-likeness (QED) is 0.794. The number of carbonyl (C=O) groups excluding carboxylic acids is 1. The third-order valence-corrected chi connectivity index (χ3v) is 3.65. The van der Waals surface area contributed by atoms with E-state index in [0.717, 1.165) is 17.0 Å². The van der Waals surface area contributed by atoms with Crippen LogP contribution in [0.1, 0.15) is 20.1 Å². The summed E-state index contributed by atoms with van der Waals surface area (Å²) in [5.74, 6) is 0.571. The molecule has 0 spiro atoms. The van der Waals surface area contributed by atoms with Crippen LogP contribution in [0, 0.1) is 0 Å². The van der Waals surface area contributed by atoms with E-state index < -0.39 is 0 Å². The van der Waals surface area contributed by atoms with Crippen molar-refractivity contribution < 1.29 is 14.3 Å². The lowest BCUT2D eigenvalue weighted by Crippen LogP contribution is -1.96. The minimum Gasteiger partial charge on any atom is -0.497 e. The fourth-order valence-corrected chi connectivity index (χ4v) is 2.59. The highest BCUT2D eigenvalue weighted by Crippen LogP contribution is 2.21. The van der Waals surface area contributed by atoms with Gasteiger partial charge in [0.2, 0.25) is 0 Å². The standard InChI is InChI=1S/C14H14O3S/c1-16-11-5-3-10(4-6-11)9-12-7-8-13(18-12)14(15)17-2/h3-8H,9H2,1-2H3. The minimum absolute atomic E-state index is 0.277. The Morgan fingerprint density at radius 1 is 1.11 bits per heavy atom. The van der Waals surface area contributed by atoms with Crippen molar-refractivity contribution in [3.8, 4) is 5.75 Å². The fourth-order valence-electron chi connectivity index (χ4n) is 1.63. The first-order valence-corrected chi connectivity index (χ1v) is 6.34. The number of methoxy groups -OCH3 is 2. The number of benzene rings is 1. The number of hydrogen-bond acceptors (Lipinski definition) is 4. The maximum atomic E-state index is 11.3. The molecular weight excluding hydrogens is 248 g/mol. The molecule has 0 amide bonds. The fraction of sp³-hybridized carbons (Fsp3) is 0.214. The van der Waals surface area contributed by atoms with E-state index in [4.69, 9.17) is 4.74 Å². The molecule has 0 N–H and O–H groups in total. The van der Waals surface area contributed by atoms with E-state index in [0.29, 0.717) is 4.88 Å². The van der Waals surface area contributed by atoms with Crippen LogP contribution in [0.3, 0.4) is 0 Å². The number of esters is 1. The third-order valence-electron chi connectivity index (χ3n) is 2.59. The average molecular weight is 262 g/mol. The van der Waals surface area contributed by atoms with Crippen molar-refractivity contribution in [1.29, 1.82) is 0 Å². The Labute approximate surface area is 110 Å². The second kappa shape index (κ2) is 5.69. The summed E-state index contributed by atoms with van der Waals surface area (Å²) in [5.41, 5.74) is 1.19. The molecule has 1 aromatic heterocycles. The highest BCUT2D eigenvalue weighted by molar-refractivity contribution is 7.13. The van der Waals surface area contributed by atoms with Crippen LogP contribution in [0.15, 0.2) is 36.4 Å². The van der Waals surface area contributed by atoms with Gasteiger partial charge in [0, 0.05) is 11.3 Å². The molecule has 0 saturated heterocycles. The number of rotatable bonds is 4. The molecule has 0 saturated carbocycles. The Kier molecular flexibility index (Phi) is 3.99. The van der Waals surface area contributed by atoms with Gasteiger partial charge in [-0.1, -0.05) is 12.1 Å². The topological polar surface area (TPSA) is 35.5 Å². The first-order valence-electron chi connectivity index (χ1n) is 5.53. The van der Waals surface area contributed by atoms with Gasteiger partial charge in [-0.3, -0.25) is 0 Å². The molecule has 0 radical (unpaired) electrons. The third kappa shape index (κ3) is 2.90. The summed E-state index contributed by atoms with van der Waals surface area (Å²) >= 11 is 1.46. The first-order chi connectivity index (χ1) is 8.72. The van der Waals surface area contributed by atoms with Gasteiger partial charge in [-0.05, 0) is 29.8 Å². The zero-order valence-electron chi connectivity index (χ0n) is 10.3. The lowest BCUT2D eigenvalue weighted by molar-refractivity contribution is 0.0606. The summed E-state index contributed by atoms with van der Waals surface area (Å²) in [4.78, 5) is 13.1. The smallest absolute Gasteiger partial charge is 0.348 e. The van der Waals surface area contributed by atoms with Crippen LogP contribution >= 0.6 is 11.3 Å². The van der Waals surface area contributed by atoms with Gasteiger partial charge in [0.05, 0.1) is 14.2 Å². The van der Waals surface area contributed by atoms with Crippen molar-refractivity contribution in [2.24, 2.45) is 0 Å². The van der Waals surface area contributed by atoms with Gasteiger partial charge in [-0.25, -0.2) is 4.79 Å². The molecule has 0 aliphatic heterocycles. The number of hydrogen-bond donors (Lipinski definition) is 0. The van der Waals surface area contributed by atoms with Gasteiger partial charge in [0.25, 0.3) is 0 Å². The number of thiophene rings is 1. The van der Waals surface area contributed by atoms with Gasteiger partial charge < -0.3 is 9.47 Å². The molecule has 94 valence electrons. The van der Waals surface area contributed by atoms with Crippen molar-refractivity contribution in [2.45, 2.75) is 6.42 Å². The van der Waals surface area contributed by atoms with Crippen molar-refractivity contribution in [3.05, 3.63) is 51.7 Å². The molecule has 0 aliphatic rings. The molecule has 0 unspecified atom stereocenters. The van der Waals surface area contributed by atoms with Crippen LogP contribution in [-0.4, -0.2) is 20.2 Å². The first kappa shape index (κ1) is 12.6. The molecule has 2 rings (SSSR count). The second-order valence-electron chi connectivity index (χ2n) is 3.78. The van der Waals surface area contributed by atoms with Crippen molar-refractivity contribution in [2.75, 3.05) is 14.2 Å². The summed E-state index contributed by atoms with van der Waals surface area (Å²) in [6, 6.07) is 11.7. The monoisotopic (exact) mass is 262 g/mol. The van der Waals surface area contributed by atoms with E-state index in [-0.39, 0.29) is 5.97 Å². The Bertz CT molecular complexity index is 528. The molecule has 2 aromatic rings. The molecule has 3 nitrogen and oxygen atoms in total. The molecule has 1 aromatic carbocycles. The number of carbonyl (C=O) groups is 1. The van der Waals surface area contributed by atoms with Crippen LogP contribution < -0.4 is 4.74 Å². The summed E-state index contributed by atoms with van der Waals surface area (Å²) in [5, 5.41) is 0. The number of ether oxygens (including phenoxy) is 2. The summed E-state index contributed by atoms with van der Waals surface area (Å²) in [6.07, 6.45) is 0.811. The van der Waals surface area contributed by atoms with Gasteiger partial charge in [-0.2, -0.15) is 0 Å². The minimum atomic E-state index is -0.277. The Balaban J connectivity index is 2.08. The van der Waals surface area contributed by atoms with Gasteiger partial charge in [0.1, 0.15) is 10.6 Å². The molecule has 0 atom stereocenters. The van der Waals surface area contributed by atoms with Crippen molar-refractivity contribution in [3.63, 3.8) is 0 Å². The van der Waals surface area contributed by atoms with E-state index in [1.165, 1.54) is 24.0 Å². The lowest BCUT2D eigenvalue weighted by atomic mass is 10.1. The molecular formula is C14H14O3S. The maximum Gasteiger partial charge on any atom is 0.348 e. The predicted molar refractivity (Wildman–Crippen MR) is 71.5 cm³/mol. The molecule has 0 aliphatic carbocycles. The Morgan fingerprint density at radius 3 is 2.44 bits per heavy atom. The second-order valence-corrected chi connectivity index (χ2v) is 4.95. The average Bonchev–Trinajstić information content (AvgIpc) is 2.87. The van der Waals surface area contributed by atoms with E-state index >= 15 is 0 Å². The summed E-state index contributed by atoms with van der Waals surface area (Å²) in [7, 11) is 3.04. The predicted octanol–water partition coefficient (Wildman–Crippen LogP) is 3.13. The van der Waals surface area contributed by atoms with Crippen LogP contribution in [0.25, 0.3) is 0 Å². The Morgan fingerprint density at radius 2 is 1.83 bits per heavy atom. The van der Waals surface area contributed by atoms with Gasteiger partial charge >= 0.3 is 5.97 Å². The lowest BCUT2D eigenvalue weighted by Gasteiger charge is -2.01. The molecule has 18 heavy (non-hydrogen) atoms. The van der Waals surface area contributed by atoms with E-state index in [1.54, 1.807) is 13.2 Å². The SMILES string of the molecule is COC(=O)c1ccc(Cc2ccc(OC)cc2)s1. The molecule has 4 heteroatoms. The van der Waals surface area contributed by atoms with E-state index in [9.17, 15) is 4.79 Å². The van der Waals surface area contributed by atoms with Crippen LogP contribution in [-0.2, 0) is 11.2 Å². The zero-order chi connectivity index (χ0) is 13.0. The van der Waals surface area contributed by atoms with Crippen LogP contribution in [0.4, 0.5) is 0 Å². The van der Waals surface area contributed by atoms with Gasteiger partial charge in [-0.15, -0.1) is 11.3 Å². The van der Waals surface area contributed by atoms with Crippen LogP contribution in [0.2, 0.25) is 0 Å². The summed E-state index contributed by atoms with van der Waals surface area (Å²) < 4.78 is 9.80. The highest BCUT2D eigenvalue weighted by atomic mass is 32.1. The molecule has 0 bridgehead atoms. The van der Waals surface area contributed by atoms with Gasteiger partial charge in [0.15, 0.2) is 0 Å². The van der Waals surface area contributed by atoms with E-state index in [1.807, 2.05) is 30.3 Å². The molecule has 0 fully saturated rings. The van der Waals surface area contributed by atoms with E-state index in [2.05, 4.69) is 4.74 Å². The summed E-state index contributed by atoms with van der Waals surface area (Å²) in [6.45, 7) is 0. The highest BCUT2D eigenvalue weighted by Gasteiger charge is 2.09. The Hall–Kier alpha value is -1.81. The van der Waals surface area contributed by atoms with Crippen LogP contribution in [0.5, 0.6) is 5.75 Å². The zero-order valence-corrected chi connectivity index (χ0v) is 11.1. The largest absolute Gasteiger partial charge is 0.497 e. The molecule has 1 heterocycles. The van der Waals surface area contributed by atoms with Crippen molar-refractivity contribution >= 4 is 17.3 Å².